The average Bonchev–Trinajstić information content (AvgIpc) is 2.55. The second-order valence-electron chi connectivity index (χ2n) is 4.88. The van der Waals surface area contributed by atoms with Crippen LogP contribution < -0.4 is 15.2 Å². The molecule has 0 amide bonds. The van der Waals surface area contributed by atoms with Crippen LogP contribution in [0.25, 0.3) is 0 Å². The van der Waals surface area contributed by atoms with Crippen LogP contribution in [0.1, 0.15) is 12.5 Å². The summed E-state index contributed by atoms with van der Waals surface area (Å²) in [7, 11) is -3.90. The van der Waals surface area contributed by atoms with E-state index < -0.39 is 37.3 Å². The normalized spacial score (nSPS) is 10.8. The van der Waals surface area contributed by atoms with E-state index in [1.807, 2.05) is 6.07 Å². The topological polar surface area (TPSA) is 171 Å². The first-order valence-corrected chi connectivity index (χ1v) is 8.93. The maximum absolute atomic E-state index is 11.7. The number of hydrogen-bond donors (Lipinski definition) is 1. The summed E-state index contributed by atoms with van der Waals surface area (Å²) in [6.07, 6.45) is 0.819. The zero-order chi connectivity index (χ0) is 19.5. The monoisotopic (exact) mass is 379 g/mol. The molecule has 136 valence electrons. The van der Waals surface area contributed by atoms with Crippen molar-refractivity contribution in [3.8, 4) is 23.4 Å². The van der Waals surface area contributed by atoms with E-state index in [-0.39, 0.29) is 23.7 Å². The van der Waals surface area contributed by atoms with Crippen molar-refractivity contribution in [2.24, 2.45) is 0 Å². The summed E-state index contributed by atoms with van der Waals surface area (Å²) in [5.74, 6) is -1.24. The highest BCUT2D eigenvalue weighted by Gasteiger charge is 2.28. The second kappa shape index (κ2) is 7.19. The molecule has 26 heavy (non-hydrogen) atoms. The third kappa shape index (κ3) is 3.95. The molecule has 1 heterocycles. The molecule has 0 spiro atoms. The van der Waals surface area contributed by atoms with Crippen LogP contribution in [0.5, 0.6) is 17.4 Å². The van der Waals surface area contributed by atoms with Crippen LogP contribution in [0.15, 0.2) is 23.4 Å². The Morgan fingerprint density at radius 2 is 2.04 bits per heavy atom. The van der Waals surface area contributed by atoms with E-state index >= 15 is 0 Å². The minimum absolute atomic E-state index is 0.0634. The Balaban J connectivity index is 2.67. The Bertz CT molecular complexity index is 1020. The number of nitrogen functional groups attached to an aromatic ring is 1. The maximum atomic E-state index is 11.7. The minimum atomic E-state index is -3.90. The molecular formula is C14H13N5O6S. The molecule has 0 aliphatic rings. The maximum Gasteiger partial charge on any atom is 0.373 e. The Morgan fingerprint density at radius 3 is 2.58 bits per heavy atom. The molecule has 0 unspecified atom stereocenters. The summed E-state index contributed by atoms with van der Waals surface area (Å²) in [5.41, 5.74) is 4.89. The summed E-state index contributed by atoms with van der Waals surface area (Å²) >= 11 is 0. The van der Waals surface area contributed by atoms with Crippen molar-refractivity contribution < 1.29 is 22.8 Å². The highest BCUT2D eigenvalue weighted by Crippen LogP contribution is 2.38. The smallest absolute Gasteiger partial charge is 0.373 e. The highest BCUT2D eigenvalue weighted by atomic mass is 32.2. The molecule has 0 atom stereocenters. The number of anilines is 1. The Hall–Kier alpha value is -3.46. The lowest BCUT2D eigenvalue weighted by molar-refractivity contribution is -0.385. The molecule has 0 bridgehead atoms. The number of hydrogen-bond acceptors (Lipinski definition) is 10. The minimum Gasteiger partial charge on any atom is -0.490 e. The molecule has 12 heteroatoms. The van der Waals surface area contributed by atoms with Crippen LogP contribution in [0.2, 0.25) is 0 Å². The standard InChI is InChI=1S/C14H13N5O6S/c1-3-24-9-5-4-8(7-15)6-10(9)25-13-11(19(20)21)12(16)17-14(18-13)26(2,22)23/h4-6H,3H2,1-2H3,(H2,16,17,18). The van der Waals surface area contributed by atoms with Crippen molar-refractivity contribution in [2.45, 2.75) is 12.1 Å². The molecule has 2 N–H and O–H groups in total. The van der Waals surface area contributed by atoms with Crippen molar-refractivity contribution in [3.63, 3.8) is 0 Å². The predicted octanol–water partition coefficient (Wildman–Crippen LogP) is 1.43. The van der Waals surface area contributed by atoms with Gasteiger partial charge in [-0.2, -0.15) is 15.2 Å². The van der Waals surface area contributed by atoms with Gasteiger partial charge in [-0.15, -0.1) is 0 Å². The number of rotatable bonds is 6. The van der Waals surface area contributed by atoms with Gasteiger partial charge in [-0.3, -0.25) is 10.1 Å². The van der Waals surface area contributed by atoms with E-state index in [9.17, 15) is 18.5 Å². The third-order valence-corrected chi connectivity index (χ3v) is 3.80. The number of nitriles is 1. The van der Waals surface area contributed by atoms with E-state index in [0.717, 1.165) is 6.26 Å². The number of benzene rings is 1. The SMILES string of the molecule is CCOc1ccc(C#N)cc1Oc1nc(S(C)(=O)=O)nc(N)c1[N+](=O)[O-]. The van der Waals surface area contributed by atoms with Crippen molar-refractivity contribution in [2.75, 3.05) is 18.6 Å². The van der Waals surface area contributed by atoms with E-state index in [1.165, 1.54) is 18.2 Å². The molecule has 2 aromatic rings. The van der Waals surface area contributed by atoms with Crippen LogP contribution in [0.3, 0.4) is 0 Å². The lowest BCUT2D eigenvalue weighted by Crippen LogP contribution is -2.10. The van der Waals surface area contributed by atoms with Gasteiger partial charge in [-0.1, -0.05) is 0 Å². The Morgan fingerprint density at radius 1 is 1.35 bits per heavy atom. The molecule has 1 aromatic carbocycles. The van der Waals surface area contributed by atoms with E-state index in [1.54, 1.807) is 6.92 Å². The lowest BCUT2D eigenvalue weighted by atomic mass is 10.2. The molecule has 2 rings (SSSR count). The highest BCUT2D eigenvalue weighted by molar-refractivity contribution is 7.90. The third-order valence-electron chi connectivity index (χ3n) is 2.95. The van der Waals surface area contributed by atoms with Gasteiger partial charge in [0, 0.05) is 12.3 Å². The van der Waals surface area contributed by atoms with Crippen LogP contribution in [0.4, 0.5) is 11.5 Å². The average molecular weight is 379 g/mol. The summed E-state index contributed by atoms with van der Waals surface area (Å²) in [5, 5.41) is 19.5. The zero-order valence-electron chi connectivity index (χ0n) is 13.7. The first-order valence-electron chi connectivity index (χ1n) is 7.04. The van der Waals surface area contributed by atoms with E-state index in [0.29, 0.717) is 0 Å². The summed E-state index contributed by atoms with van der Waals surface area (Å²) in [6.45, 7) is 1.96. The Kier molecular flexibility index (Phi) is 5.22. The number of ether oxygens (including phenoxy) is 2. The molecule has 11 nitrogen and oxygen atoms in total. The molecule has 0 radical (unpaired) electrons. The van der Waals surface area contributed by atoms with Crippen molar-refractivity contribution >= 4 is 21.3 Å². The largest absolute Gasteiger partial charge is 0.490 e. The molecule has 0 aliphatic carbocycles. The van der Waals surface area contributed by atoms with Crippen molar-refractivity contribution in [1.82, 2.24) is 9.97 Å². The van der Waals surface area contributed by atoms with Gasteiger partial charge in [0.15, 0.2) is 11.5 Å². The number of nitrogens with zero attached hydrogens (tertiary/aromatic N) is 4. The van der Waals surface area contributed by atoms with E-state index in [2.05, 4.69) is 9.97 Å². The molecule has 0 fully saturated rings. The number of nitrogens with two attached hydrogens (primary N) is 1. The van der Waals surface area contributed by atoms with Gasteiger partial charge in [0.25, 0.3) is 5.16 Å². The quantitative estimate of drug-likeness (QED) is 0.439. The van der Waals surface area contributed by atoms with Gasteiger partial charge in [0.05, 0.1) is 23.2 Å². The summed E-state index contributed by atoms with van der Waals surface area (Å²) < 4.78 is 34.1. The fourth-order valence-electron chi connectivity index (χ4n) is 1.88. The van der Waals surface area contributed by atoms with Gasteiger partial charge in [-0.05, 0) is 19.1 Å². The molecule has 0 saturated carbocycles. The Labute approximate surface area is 148 Å². The van der Waals surface area contributed by atoms with E-state index in [4.69, 9.17) is 20.5 Å². The first kappa shape index (κ1) is 18.9. The van der Waals surface area contributed by atoms with Crippen molar-refractivity contribution in [3.05, 3.63) is 33.9 Å². The van der Waals surface area contributed by atoms with Crippen molar-refractivity contribution in [1.29, 1.82) is 5.26 Å². The number of nitro groups is 1. The summed E-state index contributed by atoms with van der Waals surface area (Å²) in [4.78, 5) is 17.4. The fourth-order valence-corrected chi connectivity index (χ4v) is 2.39. The van der Waals surface area contributed by atoms with Crippen LogP contribution in [-0.2, 0) is 9.84 Å². The predicted molar refractivity (Wildman–Crippen MR) is 88.6 cm³/mol. The molecule has 1 aromatic heterocycles. The second-order valence-corrected chi connectivity index (χ2v) is 6.79. The zero-order valence-corrected chi connectivity index (χ0v) is 14.5. The van der Waals surface area contributed by atoms with Crippen LogP contribution in [-0.4, -0.2) is 36.2 Å². The molecular weight excluding hydrogens is 366 g/mol. The fraction of sp³-hybridized carbons (Fsp3) is 0.214. The number of aromatic nitrogens is 2. The lowest BCUT2D eigenvalue weighted by Gasteiger charge is -2.12. The van der Waals surface area contributed by atoms with Gasteiger partial charge in [0.2, 0.25) is 15.7 Å². The van der Waals surface area contributed by atoms with Crippen LogP contribution in [0, 0.1) is 21.4 Å². The molecule has 0 aliphatic heterocycles. The van der Waals surface area contributed by atoms with Gasteiger partial charge < -0.3 is 15.2 Å². The first-order chi connectivity index (χ1) is 12.2. The molecule has 0 saturated heterocycles. The van der Waals surface area contributed by atoms with Gasteiger partial charge >= 0.3 is 11.6 Å². The van der Waals surface area contributed by atoms with Crippen LogP contribution >= 0.6 is 0 Å². The number of sulfone groups is 1. The summed E-state index contributed by atoms with van der Waals surface area (Å²) in [6, 6.07) is 6.05. The van der Waals surface area contributed by atoms with Gasteiger partial charge in [0.1, 0.15) is 0 Å². The van der Waals surface area contributed by atoms with Gasteiger partial charge in [-0.25, -0.2) is 8.42 Å².